The highest BCUT2D eigenvalue weighted by Crippen LogP contribution is 2.25. The Balaban J connectivity index is 3.68. The summed E-state index contributed by atoms with van der Waals surface area (Å²) in [6.45, 7) is 14.1. The van der Waals surface area contributed by atoms with Gasteiger partial charge in [-0.2, -0.15) is 0 Å². The van der Waals surface area contributed by atoms with Crippen LogP contribution in [0.4, 0.5) is 0 Å². The SMILES string of the molecule is CC(C)CCCCC(CCC(C)C)C(C)C. The van der Waals surface area contributed by atoms with Gasteiger partial charge >= 0.3 is 0 Å². The highest BCUT2D eigenvalue weighted by atomic mass is 14.2. The molecule has 0 rings (SSSR count). The van der Waals surface area contributed by atoms with Gasteiger partial charge in [-0.05, 0) is 30.1 Å². The molecule has 0 heteroatoms. The first-order valence-electron chi connectivity index (χ1n) is 7.43. The van der Waals surface area contributed by atoms with Crippen LogP contribution in [0.5, 0.6) is 0 Å². The smallest absolute Gasteiger partial charge is 0.0391 e. The molecule has 0 bridgehead atoms. The van der Waals surface area contributed by atoms with Crippen molar-refractivity contribution < 1.29 is 0 Å². The first-order valence-corrected chi connectivity index (χ1v) is 7.43. The Labute approximate surface area is 104 Å². The molecule has 0 aliphatic carbocycles. The molecule has 0 spiro atoms. The van der Waals surface area contributed by atoms with Gasteiger partial charge in [-0.15, -0.1) is 0 Å². The van der Waals surface area contributed by atoms with Crippen molar-refractivity contribution in [2.75, 3.05) is 0 Å². The van der Waals surface area contributed by atoms with Crippen molar-refractivity contribution in [2.45, 2.75) is 80.1 Å². The van der Waals surface area contributed by atoms with Gasteiger partial charge in [0.15, 0.2) is 0 Å². The molecule has 0 aliphatic heterocycles. The third-order valence-electron chi connectivity index (χ3n) is 3.66. The van der Waals surface area contributed by atoms with Crippen molar-refractivity contribution in [2.24, 2.45) is 23.7 Å². The Morgan fingerprint density at radius 2 is 1.06 bits per heavy atom. The molecule has 0 aromatic carbocycles. The first kappa shape index (κ1) is 16.0. The third-order valence-corrected chi connectivity index (χ3v) is 3.66. The summed E-state index contributed by atoms with van der Waals surface area (Å²) >= 11 is 0. The van der Waals surface area contributed by atoms with Crippen LogP contribution in [-0.2, 0) is 0 Å². The summed E-state index contributed by atoms with van der Waals surface area (Å²) in [6.07, 6.45) is 8.60. The summed E-state index contributed by atoms with van der Waals surface area (Å²) < 4.78 is 0. The Morgan fingerprint density at radius 1 is 0.562 bits per heavy atom. The summed E-state index contributed by atoms with van der Waals surface area (Å²) in [5.41, 5.74) is 0. The van der Waals surface area contributed by atoms with E-state index >= 15 is 0 Å². The van der Waals surface area contributed by atoms with Gasteiger partial charge in [-0.25, -0.2) is 0 Å². The second-order valence-corrected chi connectivity index (χ2v) is 6.65. The van der Waals surface area contributed by atoms with Gasteiger partial charge < -0.3 is 0 Å². The largest absolute Gasteiger partial charge is 0.0628 e. The molecule has 0 radical (unpaired) electrons. The maximum atomic E-state index is 2.40. The molecular weight excluding hydrogens is 192 g/mol. The van der Waals surface area contributed by atoms with E-state index in [1.807, 2.05) is 0 Å². The molecule has 0 nitrogen and oxygen atoms in total. The Kier molecular flexibility index (Phi) is 9.07. The molecule has 0 N–H and O–H groups in total. The maximum absolute atomic E-state index is 2.40. The number of unbranched alkanes of at least 4 members (excludes halogenated alkanes) is 1. The van der Waals surface area contributed by atoms with Crippen molar-refractivity contribution in [1.29, 1.82) is 0 Å². The van der Waals surface area contributed by atoms with Crippen LogP contribution >= 0.6 is 0 Å². The van der Waals surface area contributed by atoms with E-state index in [0.717, 1.165) is 23.7 Å². The van der Waals surface area contributed by atoms with Gasteiger partial charge in [0.2, 0.25) is 0 Å². The minimum absolute atomic E-state index is 0.872. The van der Waals surface area contributed by atoms with E-state index in [-0.39, 0.29) is 0 Å². The van der Waals surface area contributed by atoms with Crippen molar-refractivity contribution in [3.63, 3.8) is 0 Å². The van der Waals surface area contributed by atoms with Gasteiger partial charge in [-0.3, -0.25) is 0 Å². The zero-order valence-corrected chi connectivity index (χ0v) is 12.6. The van der Waals surface area contributed by atoms with Gasteiger partial charge in [0.25, 0.3) is 0 Å². The quantitative estimate of drug-likeness (QED) is 0.429. The second kappa shape index (κ2) is 9.07. The minimum Gasteiger partial charge on any atom is -0.0628 e. The van der Waals surface area contributed by atoms with E-state index < -0.39 is 0 Å². The molecule has 0 amide bonds. The highest BCUT2D eigenvalue weighted by Gasteiger charge is 2.13. The fourth-order valence-electron chi connectivity index (χ4n) is 2.32. The van der Waals surface area contributed by atoms with Crippen molar-refractivity contribution >= 4 is 0 Å². The highest BCUT2D eigenvalue weighted by molar-refractivity contribution is 4.65. The fourth-order valence-corrected chi connectivity index (χ4v) is 2.32. The third kappa shape index (κ3) is 9.24. The van der Waals surface area contributed by atoms with E-state index in [4.69, 9.17) is 0 Å². The lowest BCUT2D eigenvalue weighted by Gasteiger charge is -2.22. The van der Waals surface area contributed by atoms with Gasteiger partial charge in [0.1, 0.15) is 0 Å². The lowest BCUT2D eigenvalue weighted by atomic mass is 9.84. The summed E-state index contributed by atoms with van der Waals surface area (Å²) in [5.74, 6) is 3.59. The van der Waals surface area contributed by atoms with Gasteiger partial charge in [-0.1, -0.05) is 73.6 Å². The molecular formula is C16H34. The number of hydrogen-bond acceptors (Lipinski definition) is 0. The lowest BCUT2D eigenvalue weighted by Crippen LogP contribution is -2.10. The molecule has 1 atom stereocenters. The van der Waals surface area contributed by atoms with Crippen LogP contribution in [0.3, 0.4) is 0 Å². The minimum atomic E-state index is 0.872. The van der Waals surface area contributed by atoms with Crippen LogP contribution < -0.4 is 0 Å². The van der Waals surface area contributed by atoms with Crippen molar-refractivity contribution in [3.8, 4) is 0 Å². The Morgan fingerprint density at radius 3 is 1.50 bits per heavy atom. The zero-order valence-electron chi connectivity index (χ0n) is 12.6. The van der Waals surface area contributed by atoms with E-state index in [9.17, 15) is 0 Å². The molecule has 0 saturated carbocycles. The maximum Gasteiger partial charge on any atom is -0.0391 e. The molecule has 1 unspecified atom stereocenters. The monoisotopic (exact) mass is 226 g/mol. The molecule has 0 aliphatic rings. The summed E-state index contributed by atoms with van der Waals surface area (Å²) in [7, 11) is 0. The van der Waals surface area contributed by atoms with Crippen LogP contribution in [0.1, 0.15) is 80.1 Å². The van der Waals surface area contributed by atoms with Crippen LogP contribution in [0, 0.1) is 23.7 Å². The number of rotatable bonds is 9. The van der Waals surface area contributed by atoms with Crippen LogP contribution in [0.2, 0.25) is 0 Å². The van der Waals surface area contributed by atoms with Crippen LogP contribution in [0.25, 0.3) is 0 Å². The Bertz CT molecular complexity index is 144. The van der Waals surface area contributed by atoms with Gasteiger partial charge in [0, 0.05) is 0 Å². The molecule has 0 aromatic rings. The summed E-state index contributed by atoms with van der Waals surface area (Å²) in [5, 5.41) is 0. The average Bonchev–Trinajstić information content (AvgIpc) is 2.15. The second-order valence-electron chi connectivity index (χ2n) is 6.65. The normalized spacial score (nSPS) is 14.1. The molecule has 16 heavy (non-hydrogen) atoms. The average molecular weight is 226 g/mol. The fraction of sp³-hybridized carbons (Fsp3) is 1.00. The van der Waals surface area contributed by atoms with Crippen molar-refractivity contribution in [3.05, 3.63) is 0 Å². The molecule has 98 valence electrons. The predicted octanol–water partition coefficient (Wildman–Crippen LogP) is 5.91. The van der Waals surface area contributed by atoms with Crippen molar-refractivity contribution in [1.82, 2.24) is 0 Å². The van der Waals surface area contributed by atoms with E-state index in [0.29, 0.717) is 0 Å². The standard InChI is InChI=1S/C16H34/c1-13(2)9-7-8-10-16(15(5)6)12-11-14(3)4/h13-16H,7-12H2,1-6H3. The topological polar surface area (TPSA) is 0 Å². The Hall–Kier alpha value is 0. The lowest BCUT2D eigenvalue weighted by molar-refractivity contribution is 0.300. The van der Waals surface area contributed by atoms with Crippen LogP contribution in [-0.4, -0.2) is 0 Å². The molecule has 0 aromatic heterocycles. The van der Waals surface area contributed by atoms with Crippen LogP contribution in [0.15, 0.2) is 0 Å². The van der Waals surface area contributed by atoms with E-state index in [1.165, 1.54) is 38.5 Å². The number of hydrogen-bond donors (Lipinski definition) is 0. The molecule has 0 fully saturated rings. The first-order chi connectivity index (χ1) is 7.43. The van der Waals surface area contributed by atoms with Gasteiger partial charge in [0.05, 0.1) is 0 Å². The van der Waals surface area contributed by atoms with E-state index in [2.05, 4.69) is 41.5 Å². The summed E-state index contributed by atoms with van der Waals surface area (Å²) in [4.78, 5) is 0. The predicted molar refractivity (Wildman–Crippen MR) is 75.7 cm³/mol. The molecule has 0 saturated heterocycles. The molecule has 0 heterocycles. The van der Waals surface area contributed by atoms with E-state index in [1.54, 1.807) is 0 Å². The summed E-state index contributed by atoms with van der Waals surface area (Å²) in [6, 6.07) is 0. The zero-order chi connectivity index (χ0) is 12.6.